The average Bonchev–Trinajstić information content (AvgIpc) is 2.28. The van der Waals surface area contributed by atoms with E-state index in [4.69, 9.17) is 0 Å². The van der Waals surface area contributed by atoms with Gasteiger partial charge in [-0.25, -0.2) is 0 Å². The van der Waals surface area contributed by atoms with Crippen molar-refractivity contribution < 1.29 is 0 Å². The summed E-state index contributed by atoms with van der Waals surface area (Å²) in [5, 5.41) is 3.51. The van der Waals surface area contributed by atoms with Gasteiger partial charge in [0.1, 0.15) is 0 Å². The molecule has 1 fully saturated rings. The molecular formula is C14H30N2. The van der Waals surface area contributed by atoms with Crippen LogP contribution in [0.15, 0.2) is 0 Å². The third-order valence-electron chi connectivity index (χ3n) is 4.77. The number of nitrogens with one attached hydrogen (secondary N) is 1. The molecule has 0 aromatic rings. The Hall–Kier alpha value is -0.0800. The topological polar surface area (TPSA) is 15.3 Å². The van der Waals surface area contributed by atoms with Crippen LogP contribution in [0.25, 0.3) is 0 Å². The molecule has 3 unspecified atom stereocenters. The average molecular weight is 226 g/mol. The van der Waals surface area contributed by atoms with E-state index in [9.17, 15) is 0 Å². The molecule has 1 aliphatic carbocycles. The zero-order chi connectivity index (χ0) is 12.3. The van der Waals surface area contributed by atoms with Crippen LogP contribution in [-0.2, 0) is 0 Å². The van der Waals surface area contributed by atoms with Gasteiger partial charge in [0.05, 0.1) is 0 Å². The summed E-state index contributed by atoms with van der Waals surface area (Å²) in [5.41, 5.74) is 0.316. The highest BCUT2D eigenvalue weighted by Gasteiger charge is 2.35. The normalized spacial score (nSPS) is 32.1. The van der Waals surface area contributed by atoms with E-state index in [0.29, 0.717) is 17.6 Å². The first-order valence-electron chi connectivity index (χ1n) is 6.82. The Morgan fingerprint density at radius 1 is 1.31 bits per heavy atom. The van der Waals surface area contributed by atoms with E-state index in [2.05, 4.69) is 52.0 Å². The fraction of sp³-hybridized carbons (Fsp3) is 1.00. The SMILES string of the molecule is CCC(C)(C)N(C)C1CC(C)CCC1NC. The molecule has 0 aliphatic heterocycles. The number of nitrogens with zero attached hydrogens (tertiary/aromatic N) is 1. The molecular weight excluding hydrogens is 196 g/mol. The third-order valence-corrected chi connectivity index (χ3v) is 4.77. The fourth-order valence-electron chi connectivity index (χ4n) is 2.81. The van der Waals surface area contributed by atoms with Gasteiger partial charge in [-0.2, -0.15) is 0 Å². The van der Waals surface area contributed by atoms with Crippen molar-refractivity contribution in [1.82, 2.24) is 10.2 Å². The molecule has 0 radical (unpaired) electrons. The Morgan fingerprint density at radius 3 is 2.44 bits per heavy atom. The number of likely N-dealkylation sites (N-methyl/N-ethyl adjacent to an activating group) is 2. The van der Waals surface area contributed by atoms with Gasteiger partial charge in [-0.3, -0.25) is 4.90 Å². The minimum atomic E-state index is 0.316. The molecule has 2 nitrogen and oxygen atoms in total. The highest BCUT2D eigenvalue weighted by Crippen LogP contribution is 2.31. The van der Waals surface area contributed by atoms with Gasteiger partial charge in [-0.1, -0.05) is 13.8 Å². The van der Waals surface area contributed by atoms with Gasteiger partial charge >= 0.3 is 0 Å². The minimum absolute atomic E-state index is 0.316. The van der Waals surface area contributed by atoms with Crippen molar-refractivity contribution >= 4 is 0 Å². The Balaban J connectivity index is 2.74. The highest BCUT2D eigenvalue weighted by atomic mass is 15.2. The number of rotatable bonds is 4. The third kappa shape index (κ3) is 2.98. The maximum absolute atomic E-state index is 3.51. The quantitative estimate of drug-likeness (QED) is 0.793. The van der Waals surface area contributed by atoms with Crippen LogP contribution in [0.3, 0.4) is 0 Å². The molecule has 0 aromatic heterocycles. The second-order valence-electron chi connectivity index (χ2n) is 6.16. The first kappa shape index (κ1) is 14.0. The maximum atomic E-state index is 3.51. The monoisotopic (exact) mass is 226 g/mol. The molecule has 0 heterocycles. The second-order valence-corrected chi connectivity index (χ2v) is 6.16. The second kappa shape index (κ2) is 5.50. The molecule has 0 aromatic carbocycles. The summed E-state index contributed by atoms with van der Waals surface area (Å²) in [6.07, 6.45) is 5.26. The van der Waals surface area contributed by atoms with Crippen molar-refractivity contribution in [2.75, 3.05) is 14.1 Å². The Labute approximate surface area is 102 Å². The predicted molar refractivity (Wildman–Crippen MR) is 71.8 cm³/mol. The number of hydrogen-bond donors (Lipinski definition) is 1. The molecule has 0 spiro atoms. The van der Waals surface area contributed by atoms with E-state index >= 15 is 0 Å². The zero-order valence-electron chi connectivity index (χ0n) is 12.0. The number of hydrogen-bond acceptors (Lipinski definition) is 2. The lowest BCUT2D eigenvalue weighted by Crippen LogP contribution is -2.57. The smallest absolute Gasteiger partial charge is 0.0254 e. The van der Waals surface area contributed by atoms with Crippen LogP contribution < -0.4 is 5.32 Å². The van der Waals surface area contributed by atoms with Crippen molar-refractivity contribution in [1.29, 1.82) is 0 Å². The summed E-state index contributed by atoms with van der Waals surface area (Å²) in [6.45, 7) is 9.40. The van der Waals surface area contributed by atoms with Gasteiger partial charge in [0.2, 0.25) is 0 Å². The summed E-state index contributed by atoms with van der Waals surface area (Å²) in [7, 11) is 4.41. The van der Waals surface area contributed by atoms with Crippen molar-refractivity contribution in [3.63, 3.8) is 0 Å². The lowest BCUT2D eigenvalue weighted by atomic mass is 9.81. The van der Waals surface area contributed by atoms with E-state index < -0.39 is 0 Å². The van der Waals surface area contributed by atoms with Crippen LogP contribution in [0.4, 0.5) is 0 Å². The van der Waals surface area contributed by atoms with Gasteiger partial charge in [-0.05, 0) is 59.5 Å². The lowest BCUT2D eigenvalue weighted by molar-refractivity contribution is 0.0433. The Morgan fingerprint density at radius 2 is 1.94 bits per heavy atom. The molecule has 0 saturated heterocycles. The molecule has 0 amide bonds. The Kier molecular flexibility index (Phi) is 4.81. The molecule has 0 bridgehead atoms. The van der Waals surface area contributed by atoms with Crippen LogP contribution in [0, 0.1) is 5.92 Å². The van der Waals surface area contributed by atoms with E-state index in [1.165, 1.54) is 25.7 Å². The summed E-state index contributed by atoms with van der Waals surface area (Å²) >= 11 is 0. The Bertz CT molecular complexity index is 213. The maximum Gasteiger partial charge on any atom is 0.0254 e. The van der Waals surface area contributed by atoms with Gasteiger partial charge in [0.25, 0.3) is 0 Å². The fourth-order valence-corrected chi connectivity index (χ4v) is 2.81. The van der Waals surface area contributed by atoms with Gasteiger partial charge < -0.3 is 5.32 Å². The molecule has 16 heavy (non-hydrogen) atoms. The first-order chi connectivity index (χ1) is 7.42. The van der Waals surface area contributed by atoms with Gasteiger partial charge in [-0.15, -0.1) is 0 Å². The van der Waals surface area contributed by atoms with E-state index in [-0.39, 0.29) is 0 Å². The molecule has 96 valence electrons. The van der Waals surface area contributed by atoms with Crippen LogP contribution >= 0.6 is 0 Å². The van der Waals surface area contributed by atoms with Crippen LogP contribution in [0.1, 0.15) is 53.4 Å². The van der Waals surface area contributed by atoms with Crippen molar-refractivity contribution in [3.05, 3.63) is 0 Å². The molecule has 2 heteroatoms. The van der Waals surface area contributed by atoms with Gasteiger partial charge in [0.15, 0.2) is 0 Å². The molecule has 1 aliphatic rings. The first-order valence-corrected chi connectivity index (χ1v) is 6.82. The van der Waals surface area contributed by atoms with Crippen LogP contribution in [0.2, 0.25) is 0 Å². The van der Waals surface area contributed by atoms with Crippen molar-refractivity contribution in [2.24, 2.45) is 5.92 Å². The molecule has 1 N–H and O–H groups in total. The molecule has 1 rings (SSSR count). The molecule has 1 saturated carbocycles. The zero-order valence-corrected chi connectivity index (χ0v) is 12.0. The summed E-state index contributed by atoms with van der Waals surface area (Å²) in [6, 6.07) is 1.37. The minimum Gasteiger partial charge on any atom is -0.315 e. The standard InChI is InChI=1S/C14H30N2/c1-7-14(3,4)16(6)13-10-11(2)8-9-12(13)15-5/h11-13,15H,7-10H2,1-6H3. The lowest BCUT2D eigenvalue weighted by Gasteiger charge is -2.47. The largest absolute Gasteiger partial charge is 0.315 e. The van der Waals surface area contributed by atoms with Crippen LogP contribution in [0.5, 0.6) is 0 Å². The summed E-state index contributed by atoms with van der Waals surface area (Å²) in [4.78, 5) is 2.60. The van der Waals surface area contributed by atoms with Gasteiger partial charge in [0, 0.05) is 17.6 Å². The predicted octanol–water partition coefficient (Wildman–Crippen LogP) is 2.88. The van der Waals surface area contributed by atoms with Crippen molar-refractivity contribution in [2.45, 2.75) is 71.0 Å². The van der Waals surface area contributed by atoms with E-state index in [1.807, 2.05) is 0 Å². The highest BCUT2D eigenvalue weighted by molar-refractivity contribution is 4.93. The summed E-state index contributed by atoms with van der Waals surface area (Å²) in [5.74, 6) is 0.879. The molecule has 3 atom stereocenters. The van der Waals surface area contributed by atoms with E-state index in [0.717, 1.165) is 5.92 Å². The van der Waals surface area contributed by atoms with E-state index in [1.54, 1.807) is 0 Å². The van der Waals surface area contributed by atoms with Crippen LogP contribution in [-0.4, -0.2) is 36.6 Å². The van der Waals surface area contributed by atoms with Crippen molar-refractivity contribution in [3.8, 4) is 0 Å². The summed E-state index contributed by atoms with van der Waals surface area (Å²) < 4.78 is 0.